The Morgan fingerprint density at radius 3 is 1.36 bits per heavy atom. The van der Waals surface area contributed by atoms with Crippen LogP contribution >= 0.6 is 0 Å². The second kappa shape index (κ2) is 32.0. The van der Waals surface area contributed by atoms with Crippen molar-refractivity contribution in [1.82, 2.24) is 4.90 Å². The molecule has 0 aromatic heterocycles. The summed E-state index contributed by atoms with van der Waals surface area (Å²) < 4.78 is 0. The van der Waals surface area contributed by atoms with Gasteiger partial charge in [-0.05, 0) is 45.5 Å². The molecule has 1 aromatic carbocycles. The van der Waals surface area contributed by atoms with E-state index in [1.165, 1.54) is 96.3 Å². The summed E-state index contributed by atoms with van der Waals surface area (Å²) in [6, 6.07) is 9.34. The molecule has 0 aliphatic carbocycles. The van der Waals surface area contributed by atoms with Crippen LogP contribution < -0.4 is 5.73 Å². The summed E-state index contributed by atoms with van der Waals surface area (Å²) in [5.41, 5.74) is 6.15. The van der Waals surface area contributed by atoms with Gasteiger partial charge in [0.1, 0.15) is 6.04 Å². The highest BCUT2D eigenvalue weighted by Crippen LogP contribution is 2.23. The quantitative estimate of drug-likeness (QED) is 0.103. The van der Waals surface area contributed by atoms with Crippen LogP contribution in [0.3, 0.4) is 0 Å². The Bertz CT molecular complexity index is 708. The molecule has 6 heteroatoms. The Labute approximate surface area is 259 Å². The van der Waals surface area contributed by atoms with E-state index in [-0.39, 0.29) is 12.0 Å². The zero-order valence-corrected chi connectivity index (χ0v) is 28.1. The molecule has 4 N–H and O–H groups in total. The second-order valence-electron chi connectivity index (χ2n) is 11.8. The van der Waals surface area contributed by atoms with Gasteiger partial charge in [0.05, 0.1) is 5.92 Å². The monoisotopic (exact) mass is 593 g/mol. The Balaban J connectivity index is 0. The lowest BCUT2D eigenvalue weighted by atomic mass is 9.93. The normalized spacial score (nSPS) is 12.1. The van der Waals surface area contributed by atoms with Crippen molar-refractivity contribution >= 4 is 11.9 Å². The summed E-state index contributed by atoms with van der Waals surface area (Å²) in [5, 5.41) is 18.1. The first-order valence-electron chi connectivity index (χ1n) is 17.1. The molecule has 0 heterocycles. The molecule has 0 aliphatic heterocycles. The fourth-order valence-corrected chi connectivity index (χ4v) is 4.93. The SMILES string of the molecule is CCCC(C(=O)O)N(C)C.CCCCCCCCCCCCCCCCC(C(=O)O)c1ccccc1.CCCCCN. The minimum absolute atomic E-state index is 0.315. The number of benzene rings is 1. The Kier molecular flexibility index (Phi) is 32.2. The molecule has 1 aromatic rings. The van der Waals surface area contributed by atoms with E-state index in [2.05, 4.69) is 13.8 Å². The van der Waals surface area contributed by atoms with E-state index < -0.39 is 11.9 Å². The van der Waals surface area contributed by atoms with Crippen molar-refractivity contribution in [3.05, 3.63) is 35.9 Å². The maximum atomic E-state index is 11.5. The fraction of sp³-hybridized carbons (Fsp3) is 0.778. The van der Waals surface area contributed by atoms with Gasteiger partial charge in [0, 0.05) is 0 Å². The number of hydrogen-bond acceptors (Lipinski definition) is 4. The lowest BCUT2D eigenvalue weighted by Crippen LogP contribution is -2.35. The third-order valence-corrected chi connectivity index (χ3v) is 7.62. The van der Waals surface area contributed by atoms with Gasteiger partial charge in [0.2, 0.25) is 0 Å². The zero-order valence-electron chi connectivity index (χ0n) is 28.1. The van der Waals surface area contributed by atoms with Crippen LogP contribution in [0.25, 0.3) is 0 Å². The van der Waals surface area contributed by atoms with Gasteiger partial charge in [-0.25, -0.2) is 0 Å². The molecule has 2 unspecified atom stereocenters. The number of nitrogens with two attached hydrogens (primary N) is 1. The third kappa shape index (κ3) is 26.9. The van der Waals surface area contributed by atoms with Crippen molar-refractivity contribution in [2.75, 3.05) is 20.6 Å². The van der Waals surface area contributed by atoms with Crippen LogP contribution in [0.4, 0.5) is 0 Å². The van der Waals surface area contributed by atoms with Crippen LogP contribution in [0.5, 0.6) is 0 Å². The molecule has 246 valence electrons. The summed E-state index contributed by atoms with van der Waals surface area (Å²) in [4.78, 5) is 23.7. The molecule has 0 saturated heterocycles. The predicted octanol–water partition coefficient (Wildman–Crippen LogP) is 9.66. The average Bonchev–Trinajstić information content (AvgIpc) is 2.97. The highest BCUT2D eigenvalue weighted by atomic mass is 16.4. The van der Waals surface area contributed by atoms with Gasteiger partial charge in [-0.1, -0.05) is 160 Å². The van der Waals surface area contributed by atoms with Crippen LogP contribution in [0.1, 0.15) is 161 Å². The molecule has 1 rings (SSSR count). The minimum Gasteiger partial charge on any atom is -0.481 e. The maximum Gasteiger partial charge on any atom is 0.320 e. The number of carboxylic acid groups (broad SMARTS) is 2. The lowest BCUT2D eigenvalue weighted by molar-refractivity contribution is -0.142. The minimum atomic E-state index is -0.730. The Morgan fingerprint density at radius 1 is 0.619 bits per heavy atom. The third-order valence-electron chi connectivity index (χ3n) is 7.62. The average molecular weight is 593 g/mol. The summed E-state index contributed by atoms with van der Waals surface area (Å²) in [7, 11) is 3.57. The molecule has 0 amide bonds. The van der Waals surface area contributed by atoms with Crippen molar-refractivity contribution in [2.45, 2.75) is 161 Å². The number of nitrogens with zero attached hydrogens (tertiary/aromatic N) is 1. The van der Waals surface area contributed by atoms with Crippen LogP contribution in [0.15, 0.2) is 30.3 Å². The fourth-order valence-electron chi connectivity index (χ4n) is 4.93. The van der Waals surface area contributed by atoms with Gasteiger partial charge >= 0.3 is 11.9 Å². The van der Waals surface area contributed by atoms with E-state index in [1.54, 1.807) is 19.0 Å². The van der Waals surface area contributed by atoms with Crippen molar-refractivity contribution in [2.24, 2.45) is 5.73 Å². The smallest absolute Gasteiger partial charge is 0.320 e. The second-order valence-corrected chi connectivity index (χ2v) is 11.8. The van der Waals surface area contributed by atoms with Gasteiger partial charge in [-0.3, -0.25) is 14.5 Å². The first-order chi connectivity index (χ1) is 20.3. The molecule has 0 aliphatic rings. The molecule has 0 radical (unpaired) electrons. The van der Waals surface area contributed by atoms with Gasteiger partial charge in [0.25, 0.3) is 0 Å². The van der Waals surface area contributed by atoms with E-state index in [9.17, 15) is 14.7 Å². The first-order valence-corrected chi connectivity index (χ1v) is 17.1. The summed E-state index contributed by atoms with van der Waals surface area (Å²) >= 11 is 0. The van der Waals surface area contributed by atoms with Gasteiger partial charge in [-0.2, -0.15) is 0 Å². The number of carbonyl (C=O) groups is 2. The molecule has 0 spiro atoms. The van der Waals surface area contributed by atoms with E-state index in [0.29, 0.717) is 0 Å². The molecular weight excluding hydrogens is 524 g/mol. The predicted molar refractivity (Wildman–Crippen MR) is 180 cm³/mol. The van der Waals surface area contributed by atoms with Crippen molar-refractivity contribution < 1.29 is 19.8 Å². The van der Waals surface area contributed by atoms with Crippen molar-refractivity contribution in [3.8, 4) is 0 Å². The topological polar surface area (TPSA) is 104 Å². The molecule has 0 fully saturated rings. The highest BCUT2D eigenvalue weighted by Gasteiger charge is 2.19. The van der Waals surface area contributed by atoms with E-state index in [1.807, 2.05) is 37.3 Å². The molecule has 6 nitrogen and oxygen atoms in total. The Hall–Kier alpha value is -1.92. The molecule has 42 heavy (non-hydrogen) atoms. The maximum absolute atomic E-state index is 11.5. The van der Waals surface area contributed by atoms with Crippen LogP contribution in [0, 0.1) is 0 Å². The van der Waals surface area contributed by atoms with E-state index in [0.717, 1.165) is 44.2 Å². The Morgan fingerprint density at radius 2 is 1.05 bits per heavy atom. The number of unbranched alkanes of at least 4 members (excludes halogenated alkanes) is 15. The first kappa shape index (κ1) is 42.2. The van der Waals surface area contributed by atoms with Gasteiger partial charge in [0.15, 0.2) is 0 Å². The standard InChI is InChI=1S/C24H40O2.C7H15NO2.C5H13N/c1-2-3-4-5-6-7-8-9-10-11-12-13-14-18-21-23(24(25)26)22-19-16-15-17-20-22;1-4-5-6(7(9)10)8(2)3;1-2-3-4-5-6/h15-17,19-20,23H,2-14,18,21H2,1H3,(H,25,26);6H,4-5H2,1-3H3,(H,9,10);2-6H2,1H3. The largest absolute Gasteiger partial charge is 0.481 e. The lowest BCUT2D eigenvalue weighted by Gasteiger charge is -2.18. The molecule has 0 bridgehead atoms. The van der Waals surface area contributed by atoms with Crippen LogP contribution in [-0.2, 0) is 9.59 Å². The number of carboxylic acids is 2. The summed E-state index contributed by atoms with van der Waals surface area (Å²) in [5.74, 6) is -1.76. The van der Waals surface area contributed by atoms with Crippen LogP contribution in [-0.4, -0.2) is 53.7 Å². The molecule has 0 saturated carbocycles. The number of rotatable bonds is 24. The van der Waals surface area contributed by atoms with Crippen molar-refractivity contribution in [3.63, 3.8) is 0 Å². The van der Waals surface area contributed by atoms with E-state index >= 15 is 0 Å². The van der Waals surface area contributed by atoms with Crippen LogP contribution in [0.2, 0.25) is 0 Å². The molecular formula is C36H68N2O4. The number of hydrogen-bond donors (Lipinski definition) is 3. The van der Waals surface area contributed by atoms with E-state index in [4.69, 9.17) is 10.8 Å². The highest BCUT2D eigenvalue weighted by molar-refractivity contribution is 5.76. The summed E-state index contributed by atoms with van der Waals surface area (Å²) in [6.07, 6.45) is 24.8. The summed E-state index contributed by atoms with van der Waals surface area (Å²) in [6.45, 7) is 7.29. The number of likely N-dealkylation sites (N-methyl/N-ethyl adjacent to an activating group) is 1. The zero-order chi connectivity index (χ0) is 31.8. The van der Waals surface area contributed by atoms with Crippen molar-refractivity contribution in [1.29, 1.82) is 0 Å². The molecule has 2 atom stereocenters. The van der Waals surface area contributed by atoms with Gasteiger partial charge in [-0.15, -0.1) is 0 Å². The van der Waals surface area contributed by atoms with Gasteiger partial charge < -0.3 is 15.9 Å². The number of aliphatic carboxylic acids is 2.